The van der Waals surface area contributed by atoms with E-state index in [9.17, 15) is 4.79 Å². The van der Waals surface area contributed by atoms with Crippen molar-refractivity contribution in [3.05, 3.63) is 20.3 Å². The summed E-state index contributed by atoms with van der Waals surface area (Å²) in [6.07, 6.45) is 2.38. The third kappa shape index (κ3) is 1.87. The molecule has 3 N–H and O–H groups in total. The smallest absolute Gasteiger partial charge is 0.266 e. The second-order valence-electron chi connectivity index (χ2n) is 3.94. The van der Waals surface area contributed by atoms with E-state index < -0.39 is 0 Å². The Bertz CT molecular complexity index is 424. The van der Waals surface area contributed by atoms with Gasteiger partial charge in [0.15, 0.2) is 0 Å². The standard InChI is InChI=1S/C9H13IN4O/c1-2-9(11)3-14(4-9)7-6(10)8(15)13-5-12-7/h5H,2-4,11H2,1H3,(H,12,13,15). The number of halogens is 1. The van der Waals surface area contributed by atoms with Crippen molar-refractivity contribution in [3.63, 3.8) is 0 Å². The molecule has 0 atom stereocenters. The maximum atomic E-state index is 11.4. The summed E-state index contributed by atoms with van der Waals surface area (Å²) in [6, 6.07) is 0. The van der Waals surface area contributed by atoms with Gasteiger partial charge in [0.2, 0.25) is 0 Å². The van der Waals surface area contributed by atoms with Crippen LogP contribution in [0.25, 0.3) is 0 Å². The molecule has 0 spiro atoms. The topological polar surface area (TPSA) is 75.0 Å². The molecule has 1 fully saturated rings. The molecular formula is C9H13IN4O. The Hall–Kier alpha value is -0.630. The van der Waals surface area contributed by atoms with Gasteiger partial charge in [-0.25, -0.2) is 4.98 Å². The molecule has 1 aromatic heterocycles. The van der Waals surface area contributed by atoms with E-state index in [1.807, 2.05) is 27.5 Å². The summed E-state index contributed by atoms with van der Waals surface area (Å²) >= 11 is 2.01. The lowest BCUT2D eigenvalue weighted by Gasteiger charge is -2.48. The molecule has 6 heteroatoms. The summed E-state index contributed by atoms with van der Waals surface area (Å²) in [5.41, 5.74) is 5.87. The Morgan fingerprint density at radius 1 is 1.73 bits per heavy atom. The minimum atomic E-state index is -0.104. The summed E-state index contributed by atoms with van der Waals surface area (Å²) in [5, 5.41) is 0. The fourth-order valence-corrected chi connectivity index (χ4v) is 2.32. The van der Waals surface area contributed by atoms with E-state index in [4.69, 9.17) is 5.73 Å². The van der Waals surface area contributed by atoms with Crippen molar-refractivity contribution in [2.45, 2.75) is 18.9 Å². The Morgan fingerprint density at radius 2 is 2.40 bits per heavy atom. The fourth-order valence-electron chi connectivity index (χ4n) is 1.68. The van der Waals surface area contributed by atoms with Crippen LogP contribution in [0.15, 0.2) is 11.1 Å². The highest BCUT2D eigenvalue weighted by atomic mass is 127. The number of nitrogens with zero attached hydrogens (tertiary/aromatic N) is 2. The zero-order valence-electron chi connectivity index (χ0n) is 8.46. The van der Waals surface area contributed by atoms with Crippen molar-refractivity contribution in [3.8, 4) is 0 Å². The third-order valence-corrected chi connectivity index (χ3v) is 3.77. The number of anilines is 1. The van der Waals surface area contributed by atoms with Crippen molar-refractivity contribution >= 4 is 28.4 Å². The Balaban J connectivity index is 2.20. The Labute approximate surface area is 101 Å². The van der Waals surface area contributed by atoms with Crippen molar-refractivity contribution in [2.75, 3.05) is 18.0 Å². The highest BCUT2D eigenvalue weighted by Gasteiger charge is 2.39. The average molecular weight is 320 g/mol. The molecule has 0 bridgehead atoms. The summed E-state index contributed by atoms with van der Waals surface area (Å²) < 4.78 is 0.633. The molecular weight excluding hydrogens is 307 g/mol. The lowest BCUT2D eigenvalue weighted by molar-refractivity contribution is 0.319. The minimum Gasteiger partial charge on any atom is -0.352 e. The minimum absolute atomic E-state index is 0.0911. The number of hydrogen-bond acceptors (Lipinski definition) is 4. The van der Waals surface area contributed by atoms with Gasteiger partial charge in [-0.05, 0) is 29.0 Å². The second-order valence-corrected chi connectivity index (χ2v) is 5.02. The molecule has 0 unspecified atom stereocenters. The van der Waals surface area contributed by atoms with Crippen LogP contribution in [0.4, 0.5) is 5.82 Å². The van der Waals surface area contributed by atoms with Crippen LogP contribution in [0, 0.1) is 3.57 Å². The Morgan fingerprint density at radius 3 is 3.00 bits per heavy atom. The van der Waals surface area contributed by atoms with Crippen LogP contribution in [-0.2, 0) is 0 Å². The van der Waals surface area contributed by atoms with Gasteiger partial charge in [0.05, 0.1) is 11.9 Å². The van der Waals surface area contributed by atoms with Gasteiger partial charge in [-0.1, -0.05) is 6.92 Å². The number of nitrogens with two attached hydrogens (primary N) is 1. The predicted octanol–water partition coefficient (Wildman–Crippen LogP) is 0.302. The zero-order valence-corrected chi connectivity index (χ0v) is 10.6. The van der Waals surface area contributed by atoms with Crippen LogP contribution >= 0.6 is 22.6 Å². The second kappa shape index (κ2) is 3.75. The number of aromatic nitrogens is 2. The van der Waals surface area contributed by atoms with Crippen LogP contribution in [0.3, 0.4) is 0 Å². The molecule has 2 rings (SSSR count). The molecule has 1 aliphatic rings. The van der Waals surface area contributed by atoms with E-state index in [0.717, 1.165) is 25.3 Å². The first kappa shape index (κ1) is 10.9. The average Bonchev–Trinajstić information content (AvgIpc) is 2.18. The maximum absolute atomic E-state index is 11.4. The molecule has 0 aliphatic carbocycles. The lowest BCUT2D eigenvalue weighted by Crippen LogP contribution is -2.67. The Kier molecular flexibility index (Phi) is 2.72. The third-order valence-electron chi connectivity index (χ3n) is 2.79. The molecule has 1 aliphatic heterocycles. The molecule has 5 nitrogen and oxygen atoms in total. The number of nitrogens with one attached hydrogen (secondary N) is 1. The quantitative estimate of drug-likeness (QED) is 0.769. The molecule has 0 saturated carbocycles. The van der Waals surface area contributed by atoms with Gasteiger partial charge in [0.25, 0.3) is 5.56 Å². The first-order valence-corrected chi connectivity index (χ1v) is 5.90. The van der Waals surface area contributed by atoms with Gasteiger partial charge < -0.3 is 15.6 Å². The fraction of sp³-hybridized carbons (Fsp3) is 0.556. The predicted molar refractivity (Wildman–Crippen MR) is 67.0 cm³/mol. The van der Waals surface area contributed by atoms with Crippen LogP contribution in [0.1, 0.15) is 13.3 Å². The number of rotatable bonds is 2. The van der Waals surface area contributed by atoms with E-state index >= 15 is 0 Å². The van der Waals surface area contributed by atoms with Crippen LogP contribution in [0.2, 0.25) is 0 Å². The molecule has 0 radical (unpaired) electrons. The summed E-state index contributed by atoms with van der Waals surface area (Å²) in [6.45, 7) is 3.62. The first-order chi connectivity index (χ1) is 7.06. The van der Waals surface area contributed by atoms with E-state index in [1.54, 1.807) is 0 Å². The molecule has 1 saturated heterocycles. The number of H-pyrrole nitrogens is 1. The SMILES string of the molecule is CCC1(N)CN(c2nc[nH]c(=O)c2I)C1. The number of hydrogen-bond donors (Lipinski definition) is 2. The van der Waals surface area contributed by atoms with Crippen LogP contribution < -0.4 is 16.2 Å². The molecule has 82 valence electrons. The van der Waals surface area contributed by atoms with E-state index in [2.05, 4.69) is 16.9 Å². The van der Waals surface area contributed by atoms with Gasteiger partial charge in [-0.15, -0.1) is 0 Å². The lowest BCUT2D eigenvalue weighted by atomic mass is 9.88. The van der Waals surface area contributed by atoms with Crippen LogP contribution in [-0.4, -0.2) is 28.6 Å². The molecule has 15 heavy (non-hydrogen) atoms. The van der Waals surface area contributed by atoms with Crippen LogP contribution in [0.5, 0.6) is 0 Å². The van der Waals surface area contributed by atoms with Gasteiger partial charge in [0.1, 0.15) is 9.39 Å². The van der Waals surface area contributed by atoms with Gasteiger partial charge in [0, 0.05) is 13.1 Å². The van der Waals surface area contributed by atoms with Crippen molar-refractivity contribution in [1.82, 2.24) is 9.97 Å². The van der Waals surface area contributed by atoms with Crippen molar-refractivity contribution in [1.29, 1.82) is 0 Å². The largest absolute Gasteiger partial charge is 0.352 e. The number of aromatic amines is 1. The summed E-state index contributed by atoms with van der Waals surface area (Å²) in [4.78, 5) is 20.1. The van der Waals surface area contributed by atoms with Crippen molar-refractivity contribution < 1.29 is 0 Å². The first-order valence-electron chi connectivity index (χ1n) is 4.83. The summed E-state index contributed by atoms with van der Waals surface area (Å²) in [5.74, 6) is 0.744. The van der Waals surface area contributed by atoms with Crippen molar-refractivity contribution in [2.24, 2.45) is 5.73 Å². The highest BCUT2D eigenvalue weighted by Crippen LogP contribution is 2.27. The van der Waals surface area contributed by atoms with Gasteiger partial charge >= 0.3 is 0 Å². The zero-order chi connectivity index (χ0) is 11.1. The molecule has 0 amide bonds. The summed E-state index contributed by atoms with van der Waals surface area (Å²) in [7, 11) is 0. The molecule has 0 aromatic carbocycles. The van der Waals surface area contributed by atoms with Gasteiger partial charge in [-0.2, -0.15) is 0 Å². The maximum Gasteiger partial charge on any atom is 0.266 e. The normalized spacial score (nSPS) is 18.7. The van der Waals surface area contributed by atoms with E-state index in [0.29, 0.717) is 3.57 Å². The van der Waals surface area contributed by atoms with E-state index in [-0.39, 0.29) is 11.1 Å². The van der Waals surface area contributed by atoms with E-state index in [1.165, 1.54) is 6.33 Å². The van der Waals surface area contributed by atoms with Gasteiger partial charge in [-0.3, -0.25) is 4.79 Å². The highest BCUT2D eigenvalue weighted by molar-refractivity contribution is 14.1. The molecule has 1 aromatic rings. The monoisotopic (exact) mass is 320 g/mol. The molecule has 2 heterocycles.